The minimum absolute atomic E-state index is 0.265. The minimum Gasteiger partial charge on any atom is -0.465 e. The highest BCUT2D eigenvalue weighted by Gasteiger charge is 2.54. The Labute approximate surface area is 81.9 Å². The van der Waals surface area contributed by atoms with Crippen LogP contribution in [0.3, 0.4) is 0 Å². The van der Waals surface area contributed by atoms with Gasteiger partial charge in [-0.2, -0.15) is 0 Å². The Bertz CT molecular complexity index is 320. The van der Waals surface area contributed by atoms with E-state index in [1.54, 1.807) is 6.92 Å². The van der Waals surface area contributed by atoms with Crippen molar-refractivity contribution < 1.29 is 19.1 Å². The molecule has 14 heavy (non-hydrogen) atoms. The van der Waals surface area contributed by atoms with E-state index in [0.717, 1.165) is 0 Å². The van der Waals surface area contributed by atoms with Gasteiger partial charge in [0.1, 0.15) is 11.5 Å². The quantitative estimate of drug-likeness (QED) is 0.425. The lowest BCUT2D eigenvalue weighted by atomic mass is 9.74. The average Bonchev–Trinajstić information content (AvgIpc) is 2.46. The summed E-state index contributed by atoms with van der Waals surface area (Å²) in [5.41, 5.74) is -0.299. The molecule has 2 rings (SSSR count). The number of hydrogen-bond acceptors (Lipinski definition) is 4. The highest BCUT2D eigenvalue weighted by atomic mass is 16.6. The topological polar surface area (TPSA) is 52.6 Å². The van der Waals surface area contributed by atoms with E-state index in [9.17, 15) is 9.59 Å². The van der Waals surface area contributed by atoms with Gasteiger partial charge in [0, 0.05) is 12.0 Å². The van der Waals surface area contributed by atoms with Gasteiger partial charge in [0.05, 0.1) is 6.61 Å². The average molecular weight is 196 g/mol. The maximum Gasteiger partial charge on any atom is 0.333 e. The Morgan fingerprint density at radius 3 is 2.79 bits per heavy atom. The summed E-state index contributed by atoms with van der Waals surface area (Å²) in [6, 6.07) is 0. The molecule has 76 valence electrons. The largest absolute Gasteiger partial charge is 0.465 e. The van der Waals surface area contributed by atoms with Gasteiger partial charge in [-0.3, -0.25) is 4.79 Å². The van der Waals surface area contributed by atoms with Crippen LogP contribution < -0.4 is 0 Å². The molecular formula is C10H12O4. The van der Waals surface area contributed by atoms with Crippen LogP contribution in [-0.4, -0.2) is 24.6 Å². The Balaban J connectivity index is 2.31. The Morgan fingerprint density at radius 2 is 2.21 bits per heavy atom. The van der Waals surface area contributed by atoms with Gasteiger partial charge in [-0.1, -0.05) is 6.58 Å². The van der Waals surface area contributed by atoms with Gasteiger partial charge < -0.3 is 9.47 Å². The molecule has 2 heterocycles. The van der Waals surface area contributed by atoms with Gasteiger partial charge >= 0.3 is 11.9 Å². The molecule has 1 spiro atoms. The molecule has 2 saturated heterocycles. The molecule has 4 heteroatoms. The lowest BCUT2D eigenvalue weighted by Crippen LogP contribution is -2.45. The van der Waals surface area contributed by atoms with E-state index >= 15 is 0 Å². The van der Waals surface area contributed by atoms with Crippen molar-refractivity contribution in [1.29, 1.82) is 0 Å². The van der Waals surface area contributed by atoms with E-state index in [4.69, 9.17) is 9.47 Å². The molecule has 0 aromatic carbocycles. The first-order chi connectivity index (χ1) is 6.56. The molecule has 0 aromatic heterocycles. The number of carbonyl (C=O) groups is 2. The second kappa shape index (κ2) is 2.83. The maximum absolute atomic E-state index is 11.6. The molecule has 0 N–H and O–H groups in total. The molecule has 0 aliphatic carbocycles. The van der Waals surface area contributed by atoms with E-state index in [0.29, 0.717) is 25.0 Å². The van der Waals surface area contributed by atoms with Crippen molar-refractivity contribution in [3.63, 3.8) is 0 Å². The first-order valence-electron chi connectivity index (χ1n) is 4.62. The monoisotopic (exact) mass is 196 g/mol. The second-order valence-corrected chi connectivity index (χ2v) is 3.87. The summed E-state index contributed by atoms with van der Waals surface area (Å²) < 4.78 is 10.00. The lowest BCUT2D eigenvalue weighted by molar-refractivity contribution is -0.166. The number of ether oxygens (including phenoxy) is 2. The Hall–Kier alpha value is -1.32. The Kier molecular flexibility index (Phi) is 1.87. The molecule has 0 bridgehead atoms. The fourth-order valence-corrected chi connectivity index (χ4v) is 2.05. The van der Waals surface area contributed by atoms with Crippen molar-refractivity contribution in [3.8, 4) is 0 Å². The second-order valence-electron chi connectivity index (χ2n) is 3.87. The molecule has 2 atom stereocenters. The normalized spacial score (nSPS) is 37.2. The molecule has 2 fully saturated rings. The third-order valence-corrected chi connectivity index (χ3v) is 3.07. The van der Waals surface area contributed by atoms with Crippen molar-refractivity contribution in [2.75, 3.05) is 6.61 Å². The third kappa shape index (κ3) is 1.06. The predicted molar refractivity (Wildman–Crippen MR) is 47.3 cm³/mol. The van der Waals surface area contributed by atoms with Crippen LogP contribution in [0.1, 0.15) is 19.8 Å². The lowest BCUT2D eigenvalue weighted by Gasteiger charge is -2.35. The molecule has 0 aromatic rings. The van der Waals surface area contributed by atoms with Gasteiger partial charge in [-0.25, -0.2) is 4.79 Å². The van der Waals surface area contributed by atoms with E-state index in [-0.39, 0.29) is 5.97 Å². The van der Waals surface area contributed by atoms with Crippen molar-refractivity contribution in [2.45, 2.75) is 25.9 Å². The molecule has 0 radical (unpaired) electrons. The van der Waals surface area contributed by atoms with Crippen LogP contribution in [-0.2, 0) is 19.1 Å². The fraction of sp³-hybridized carbons (Fsp3) is 0.600. The first kappa shape index (κ1) is 9.24. The van der Waals surface area contributed by atoms with Crippen molar-refractivity contribution in [1.82, 2.24) is 0 Å². The smallest absolute Gasteiger partial charge is 0.333 e. The zero-order chi connectivity index (χ0) is 10.3. The van der Waals surface area contributed by atoms with Gasteiger partial charge in [0.2, 0.25) is 0 Å². The van der Waals surface area contributed by atoms with Crippen molar-refractivity contribution >= 4 is 11.9 Å². The molecular weight excluding hydrogens is 184 g/mol. The minimum atomic E-state index is -0.662. The Morgan fingerprint density at radius 1 is 1.50 bits per heavy atom. The number of rotatable bonds is 0. The summed E-state index contributed by atoms with van der Waals surface area (Å²) >= 11 is 0. The van der Waals surface area contributed by atoms with Crippen LogP contribution in [0.2, 0.25) is 0 Å². The summed E-state index contributed by atoms with van der Waals surface area (Å²) in [6.45, 7) is 5.74. The van der Waals surface area contributed by atoms with Crippen LogP contribution in [0.15, 0.2) is 12.2 Å². The summed E-state index contributed by atoms with van der Waals surface area (Å²) in [7, 11) is 0. The summed E-state index contributed by atoms with van der Waals surface area (Å²) in [4.78, 5) is 22.7. The SMILES string of the molecule is C=C1C[C@@]2(CCOC2=O)[C@H](C)OC1=O. The van der Waals surface area contributed by atoms with Crippen LogP contribution in [0.4, 0.5) is 0 Å². The molecule has 0 saturated carbocycles. The number of esters is 2. The first-order valence-corrected chi connectivity index (χ1v) is 4.62. The van der Waals surface area contributed by atoms with Gasteiger partial charge in [-0.15, -0.1) is 0 Å². The van der Waals surface area contributed by atoms with E-state index in [1.807, 2.05) is 0 Å². The molecule has 2 aliphatic heterocycles. The zero-order valence-corrected chi connectivity index (χ0v) is 8.04. The van der Waals surface area contributed by atoms with Gasteiger partial charge in [-0.05, 0) is 13.3 Å². The van der Waals surface area contributed by atoms with Crippen LogP contribution in [0, 0.1) is 5.41 Å². The molecule has 4 nitrogen and oxygen atoms in total. The van der Waals surface area contributed by atoms with Crippen LogP contribution in [0.5, 0.6) is 0 Å². The summed E-state index contributed by atoms with van der Waals surface area (Å²) in [5, 5.41) is 0. The van der Waals surface area contributed by atoms with E-state index < -0.39 is 17.5 Å². The van der Waals surface area contributed by atoms with Gasteiger partial charge in [0.15, 0.2) is 0 Å². The molecule has 0 unspecified atom stereocenters. The maximum atomic E-state index is 11.6. The van der Waals surface area contributed by atoms with E-state index in [1.165, 1.54) is 0 Å². The number of hydrogen-bond donors (Lipinski definition) is 0. The molecule has 0 amide bonds. The van der Waals surface area contributed by atoms with Crippen LogP contribution >= 0.6 is 0 Å². The van der Waals surface area contributed by atoms with Crippen molar-refractivity contribution in [2.24, 2.45) is 5.41 Å². The van der Waals surface area contributed by atoms with Crippen LogP contribution in [0.25, 0.3) is 0 Å². The predicted octanol–water partition coefficient (Wildman–Crippen LogP) is 0.811. The number of cyclic esters (lactones) is 2. The standard InChI is InChI=1S/C10H12O4/c1-6-5-10(3-4-13-9(10)12)7(2)14-8(6)11/h7H,1,3-5H2,2H3/t7-,10-/m0/s1. The van der Waals surface area contributed by atoms with E-state index in [2.05, 4.69) is 6.58 Å². The van der Waals surface area contributed by atoms with Crippen molar-refractivity contribution in [3.05, 3.63) is 12.2 Å². The summed E-state index contributed by atoms with van der Waals surface area (Å²) in [6.07, 6.45) is 0.570. The molecule has 2 aliphatic rings. The van der Waals surface area contributed by atoms with Gasteiger partial charge in [0.25, 0.3) is 0 Å². The number of carbonyl (C=O) groups excluding carboxylic acids is 2. The fourth-order valence-electron chi connectivity index (χ4n) is 2.05. The summed E-state index contributed by atoms with van der Waals surface area (Å²) in [5.74, 6) is -0.665. The highest BCUT2D eigenvalue weighted by Crippen LogP contribution is 2.44. The highest BCUT2D eigenvalue weighted by molar-refractivity contribution is 5.92. The third-order valence-electron chi connectivity index (χ3n) is 3.07. The zero-order valence-electron chi connectivity index (χ0n) is 8.04.